The van der Waals surface area contributed by atoms with Gasteiger partial charge in [-0.3, -0.25) is 4.79 Å². The molecule has 2 fully saturated rings. The third-order valence-electron chi connectivity index (χ3n) is 6.56. The van der Waals surface area contributed by atoms with Gasteiger partial charge in [0.1, 0.15) is 12.2 Å². The van der Waals surface area contributed by atoms with Crippen LogP contribution in [0.3, 0.4) is 0 Å². The number of methoxy groups -OCH3 is 1. The van der Waals surface area contributed by atoms with Crippen LogP contribution >= 0.6 is 8.03 Å². The summed E-state index contributed by atoms with van der Waals surface area (Å²) in [4.78, 5) is 24.7. The summed E-state index contributed by atoms with van der Waals surface area (Å²) in [5, 5.41) is 2.94. The Kier molecular flexibility index (Phi) is 11.4. The van der Waals surface area contributed by atoms with E-state index in [1.54, 1.807) is 0 Å². The Balaban J connectivity index is 1.92. The molecule has 1 amide bonds. The molecular weight excluding hydrogens is 429 g/mol. The minimum Gasteiger partial charge on any atom is -0.469 e. The average Bonchev–Trinajstić information content (AvgIpc) is 2.75. The fourth-order valence-corrected chi connectivity index (χ4v) is 6.08. The summed E-state index contributed by atoms with van der Waals surface area (Å²) >= 11 is 0. The van der Waals surface area contributed by atoms with E-state index in [0.29, 0.717) is 5.92 Å². The molecule has 3 atom stereocenters. The van der Waals surface area contributed by atoms with Crippen molar-refractivity contribution >= 4 is 20.1 Å². The molecule has 3 unspecified atom stereocenters. The normalized spacial score (nSPS) is 20.8. The van der Waals surface area contributed by atoms with Crippen molar-refractivity contribution in [3.8, 4) is 0 Å². The molecule has 0 saturated heterocycles. The quantitative estimate of drug-likeness (QED) is 0.311. The third kappa shape index (κ3) is 10.2. The van der Waals surface area contributed by atoms with Crippen LogP contribution in [0.1, 0.15) is 91.4 Å². The molecule has 184 valence electrons. The number of amides is 1. The first kappa shape index (κ1) is 27.0. The van der Waals surface area contributed by atoms with Crippen LogP contribution in [0.15, 0.2) is 0 Å². The highest BCUT2D eigenvalue weighted by Crippen LogP contribution is 2.35. The van der Waals surface area contributed by atoms with Crippen LogP contribution in [0.5, 0.6) is 0 Å². The lowest BCUT2D eigenvalue weighted by Gasteiger charge is -2.29. The number of alkyl carbamates (subject to hydrolysis) is 1. The molecule has 0 heterocycles. The van der Waals surface area contributed by atoms with Crippen LogP contribution in [-0.2, 0) is 23.4 Å². The van der Waals surface area contributed by atoms with Gasteiger partial charge in [0.15, 0.2) is 6.16 Å². The molecule has 0 spiro atoms. The maximum Gasteiger partial charge on any atom is 0.510 e. The van der Waals surface area contributed by atoms with Gasteiger partial charge in [-0.2, -0.15) is 0 Å². The number of nitrogens with one attached hydrogen (secondary N) is 1. The van der Waals surface area contributed by atoms with Gasteiger partial charge in [0.05, 0.1) is 19.1 Å². The van der Waals surface area contributed by atoms with E-state index < -0.39 is 25.6 Å². The van der Waals surface area contributed by atoms with Crippen molar-refractivity contribution in [1.29, 1.82) is 0 Å². The summed E-state index contributed by atoms with van der Waals surface area (Å²) in [5.74, 6) is 0.0688. The molecular formula is C24H43NO6P+. The summed E-state index contributed by atoms with van der Waals surface area (Å²) in [6.07, 6.45) is 11.8. The second-order valence-electron chi connectivity index (χ2n) is 10.4. The van der Waals surface area contributed by atoms with Crippen LogP contribution in [0.4, 0.5) is 4.79 Å². The second-order valence-corrected chi connectivity index (χ2v) is 11.7. The smallest absolute Gasteiger partial charge is 0.469 e. The number of ether oxygens (including phenoxy) is 2. The summed E-state index contributed by atoms with van der Waals surface area (Å²) in [7, 11) is -0.633. The molecule has 2 aliphatic rings. The SMILES string of the molecule is COC(=O)C(CO[P+](=O)CC(NC(=O)OC(C)(C)C)C1CCCCC1)CC1CCCCC1. The zero-order chi connectivity index (χ0) is 23.6. The molecule has 1 N–H and O–H groups in total. The Labute approximate surface area is 194 Å². The lowest BCUT2D eigenvalue weighted by molar-refractivity contribution is -0.147. The average molecular weight is 473 g/mol. The van der Waals surface area contributed by atoms with Crippen molar-refractivity contribution in [1.82, 2.24) is 5.32 Å². The van der Waals surface area contributed by atoms with Gasteiger partial charge in [-0.25, -0.2) is 4.79 Å². The number of carbonyl (C=O) groups is 2. The van der Waals surface area contributed by atoms with E-state index in [9.17, 15) is 14.2 Å². The van der Waals surface area contributed by atoms with Crippen LogP contribution in [-0.4, -0.2) is 43.6 Å². The van der Waals surface area contributed by atoms with E-state index in [4.69, 9.17) is 14.0 Å². The predicted octanol–water partition coefficient (Wildman–Crippen LogP) is 5.98. The number of rotatable bonds is 10. The van der Waals surface area contributed by atoms with E-state index in [2.05, 4.69) is 5.32 Å². The van der Waals surface area contributed by atoms with Crippen LogP contribution in [0.25, 0.3) is 0 Å². The maximum atomic E-state index is 12.9. The van der Waals surface area contributed by atoms with Crippen molar-refractivity contribution in [2.45, 2.75) is 103 Å². The van der Waals surface area contributed by atoms with Crippen LogP contribution in [0.2, 0.25) is 0 Å². The third-order valence-corrected chi connectivity index (χ3v) is 7.69. The predicted molar refractivity (Wildman–Crippen MR) is 125 cm³/mol. The van der Waals surface area contributed by atoms with Gasteiger partial charge in [0.25, 0.3) is 0 Å². The van der Waals surface area contributed by atoms with Gasteiger partial charge >= 0.3 is 20.1 Å². The summed E-state index contributed by atoms with van der Waals surface area (Å²) in [5.41, 5.74) is -0.591. The molecule has 2 saturated carbocycles. The molecule has 7 nitrogen and oxygen atoms in total. The van der Waals surface area contributed by atoms with E-state index in [0.717, 1.165) is 44.9 Å². The molecule has 2 rings (SSSR count). The molecule has 0 radical (unpaired) electrons. The monoisotopic (exact) mass is 472 g/mol. The van der Waals surface area contributed by atoms with Crippen molar-refractivity contribution < 1.29 is 28.2 Å². The molecule has 32 heavy (non-hydrogen) atoms. The van der Waals surface area contributed by atoms with Gasteiger partial charge < -0.3 is 14.8 Å². The molecule has 2 aliphatic carbocycles. The van der Waals surface area contributed by atoms with E-state index >= 15 is 0 Å². The van der Waals surface area contributed by atoms with E-state index in [1.165, 1.54) is 32.8 Å². The van der Waals surface area contributed by atoms with Crippen LogP contribution < -0.4 is 5.32 Å². The van der Waals surface area contributed by atoms with Gasteiger partial charge in [0, 0.05) is 0 Å². The topological polar surface area (TPSA) is 90.9 Å². The summed E-state index contributed by atoms with van der Waals surface area (Å²) in [6.45, 7) is 5.57. The zero-order valence-corrected chi connectivity index (χ0v) is 21.3. The van der Waals surface area contributed by atoms with Crippen molar-refractivity contribution in [3.63, 3.8) is 0 Å². The zero-order valence-electron chi connectivity index (χ0n) is 20.4. The number of hydrogen-bond acceptors (Lipinski definition) is 6. The lowest BCUT2D eigenvalue weighted by atomic mass is 9.83. The Morgan fingerprint density at radius 3 is 2.16 bits per heavy atom. The summed E-state index contributed by atoms with van der Waals surface area (Å²) in [6, 6.07) is -0.260. The molecule has 0 bridgehead atoms. The van der Waals surface area contributed by atoms with Gasteiger partial charge in [-0.1, -0.05) is 51.4 Å². The van der Waals surface area contributed by atoms with Gasteiger partial charge in [0.2, 0.25) is 0 Å². The summed E-state index contributed by atoms with van der Waals surface area (Å²) < 4.78 is 28.9. The lowest BCUT2D eigenvalue weighted by Crippen LogP contribution is -2.45. The Morgan fingerprint density at radius 2 is 1.59 bits per heavy atom. The number of carbonyl (C=O) groups excluding carboxylic acids is 2. The minimum atomic E-state index is -2.02. The molecule has 0 aromatic carbocycles. The van der Waals surface area contributed by atoms with E-state index in [1.807, 2.05) is 20.8 Å². The maximum absolute atomic E-state index is 12.9. The fraction of sp³-hybridized carbons (Fsp3) is 0.917. The Morgan fingerprint density at radius 1 is 1.00 bits per heavy atom. The molecule has 0 aliphatic heterocycles. The Hall–Kier alpha value is -1.20. The van der Waals surface area contributed by atoms with Crippen LogP contribution in [0, 0.1) is 17.8 Å². The molecule has 8 heteroatoms. The van der Waals surface area contributed by atoms with E-state index in [-0.39, 0.29) is 30.7 Å². The number of hydrogen-bond donors (Lipinski definition) is 1. The highest BCUT2D eigenvalue weighted by molar-refractivity contribution is 7.39. The van der Waals surface area contributed by atoms with Gasteiger partial charge in [-0.05, 0) is 56.4 Å². The fourth-order valence-electron chi connectivity index (χ4n) is 4.92. The largest absolute Gasteiger partial charge is 0.510 e. The molecule has 0 aromatic rings. The Bertz CT molecular complexity index is 608. The standard InChI is InChI=1S/C24H42NO6P/c1-24(2,3)31-23(27)25-21(19-13-9-6-10-14-19)17-32(28)30-16-20(22(26)29-4)15-18-11-7-5-8-12-18/h18-21H,5-17H2,1-4H3/p+1. The first-order valence-corrected chi connectivity index (χ1v) is 13.7. The highest BCUT2D eigenvalue weighted by Gasteiger charge is 2.36. The van der Waals surface area contributed by atoms with Crippen molar-refractivity contribution in [2.24, 2.45) is 17.8 Å². The first-order chi connectivity index (χ1) is 15.2. The number of esters is 1. The second kappa shape index (κ2) is 13.5. The minimum absolute atomic E-state index is 0.0994. The van der Waals surface area contributed by atoms with Crippen molar-refractivity contribution in [2.75, 3.05) is 19.9 Å². The first-order valence-electron chi connectivity index (χ1n) is 12.3. The van der Waals surface area contributed by atoms with Crippen molar-refractivity contribution in [3.05, 3.63) is 0 Å². The molecule has 0 aromatic heterocycles. The van der Waals surface area contributed by atoms with Gasteiger partial charge in [-0.15, -0.1) is 4.52 Å². The highest BCUT2D eigenvalue weighted by atomic mass is 31.1.